The molecule has 0 amide bonds. The molecule has 1 saturated carbocycles. The van der Waals surface area contributed by atoms with Crippen molar-refractivity contribution in [2.45, 2.75) is 19.0 Å². The standard InChI is InChI=1S/C9H17F3N2/c1-14(7-9(10,11)12)5-4-13-6-8-2-3-8/h8,13H,2-7H2,1H3. The summed E-state index contributed by atoms with van der Waals surface area (Å²) in [4.78, 5) is 1.29. The van der Waals surface area contributed by atoms with Crippen molar-refractivity contribution in [2.24, 2.45) is 5.92 Å². The molecule has 2 nitrogen and oxygen atoms in total. The van der Waals surface area contributed by atoms with Crippen LogP contribution in [-0.2, 0) is 0 Å². The van der Waals surface area contributed by atoms with Crippen molar-refractivity contribution in [3.8, 4) is 0 Å². The van der Waals surface area contributed by atoms with Crippen molar-refractivity contribution in [3.63, 3.8) is 0 Å². The minimum atomic E-state index is -4.08. The summed E-state index contributed by atoms with van der Waals surface area (Å²) >= 11 is 0. The van der Waals surface area contributed by atoms with E-state index in [4.69, 9.17) is 0 Å². The SMILES string of the molecule is CN(CCNCC1CC1)CC(F)(F)F. The molecule has 0 aromatic rings. The van der Waals surface area contributed by atoms with E-state index >= 15 is 0 Å². The van der Waals surface area contributed by atoms with Crippen LogP contribution in [0.2, 0.25) is 0 Å². The van der Waals surface area contributed by atoms with E-state index in [2.05, 4.69) is 5.32 Å². The van der Waals surface area contributed by atoms with Crippen LogP contribution in [0.15, 0.2) is 0 Å². The molecule has 0 saturated heterocycles. The Kier molecular flexibility index (Phi) is 4.19. The third-order valence-electron chi connectivity index (χ3n) is 2.25. The van der Waals surface area contributed by atoms with Crippen molar-refractivity contribution >= 4 is 0 Å². The fraction of sp³-hybridized carbons (Fsp3) is 1.00. The van der Waals surface area contributed by atoms with E-state index in [1.54, 1.807) is 0 Å². The van der Waals surface area contributed by atoms with Gasteiger partial charge in [-0.3, -0.25) is 4.90 Å². The van der Waals surface area contributed by atoms with Gasteiger partial charge in [0.1, 0.15) is 0 Å². The van der Waals surface area contributed by atoms with Crippen molar-refractivity contribution < 1.29 is 13.2 Å². The molecule has 0 bridgehead atoms. The summed E-state index contributed by atoms with van der Waals surface area (Å²) in [6, 6.07) is 0. The summed E-state index contributed by atoms with van der Waals surface area (Å²) in [5.41, 5.74) is 0. The number of halogens is 3. The summed E-state index contributed by atoms with van der Waals surface area (Å²) in [7, 11) is 1.49. The molecule has 0 heterocycles. The van der Waals surface area contributed by atoms with Crippen LogP contribution >= 0.6 is 0 Å². The Morgan fingerprint density at radius 3 is 2.50 bits per heavy atom. The molecule has 14 heavy (non-hydrogen) atoms. The Morgan fingerprint density at radius 2 is 2.00 bits per heavy atom. The molecule has 0 unspecified atom stereocenters. The van der Waals surface area contributed by atoms with Crippen molar-refractivity contribution in [1.29, 1.82) is 0 Å². The maximum Gasteiger partial charge on any atom is 0.401 e. The zero-order chi connectivity index (χ0) is 10.6. The highest BCUT2D eigenvalue weighted by Crippen LogP contribution is 2.27. The number of likely N-dealkylation sites (N-methyl/N-ethyl adjacent to an activating group) is 1. The van der Waals surface area contributed by atoms with Crippen molar-refractivity contribution in [2.75, 3.05) is 33.2 Å². The van der Waals surface area contributed by atoms with E-state index in [-0.39, 0.29) is 0 Å². The van der Waals surface area contributed by atoms with E-state index < -0.39 is 12.7 Å². The first-order chi connectivity index (χ1) is 6.47. The lowest BCUT2D eigenvalue weighted by atomic mass is 10.4. The molecule has 0 atom stereocenters. The van der Waals surface area contributed by atoms with Gasteiger partial charge in [0.25, 0.3) is 0 Å². The van der Waals surface area contributed by atoms with Gasteiger partial charge in [-0.15, -0.1) is 0 Å². The quantitative estimate of drug-likeness (QED) is 0.668. The molecule has 0 aromatic heterocycles. The Labute approximate surface area is 82.5 Å². The first-order valence-corrected chi connectivity index (χ1v) is 4.93. The molecule has 5 heteroatoms. The van der Waals surface area contributed by atoms with E-state index in [0.29, 0.717) is 13.1 Å². The first kappa shape index (κ1) is 11.8. The van der Waals surface area contributed by atoms with E-state index in [1.165, 1.54) is 24.8 Å². The molecular weight excluding hydrogens is 193 g/mol. The van der Waals surface area contributed by atoms with Crippen LogP contribution in [0, 0.1) is 5.92 Å². The molecule has 1 N–H and O–H groups in total. The lowest BCUT2D eigenvalue weighted by Gasteiger charge is -2.18. The Morgan fingerprint density at radius 1 is 1.36 bits per heavy atom. The highest BCUT2D eigenvalue weighted by Gasteiger charge is 2.28. The first-order valence-electron chi connectivity index (χ1n) is 4.93. The van der Waals surface area contributed by atoms with Crippen LogP contribution < -0.4 is 5.32 Å². The normalized spacial score (nSPS) is 17.8. The number of nitrogens with zero attached hydrogens (tertiary/aromatic N) is 1. The van der Waals surface area contributed by atoms with Gasteiger partial charge in [-0.2, -0.15) is 13.2 Å². The number of alkyl halides is 3. The second kappa shape index (κ2) is 4.98. The second-order valence-corrected chi connectivity index (χ2v) is 4.00. The fourth-order valence-electron chi connectivity index (χ4n) is 1.28. The largest absolute Gasteiger partial charge is 0.401 e. The molecule has 84 valence electrons. The van der Waals surface area contributed by atoms with Gasteiger partial charge in [0, 0.05) is 13.1 Å². The third kappa shape index (κ3) is 6.21. The highest BCUT2D eigenvalue weighted by atomic mass is 19.4. The third-order valence-corrected chi connectivity index (χ3v) is 2.25. The van der Waals surface area contributed by atoms with Gasteiger partial charge in [-0.1, -0.05) is 0 Å². The predicted octanol–water partition coefficient (Wildman–Crippen LogP) is 1.48. The molecule has 0 radical (unpaired) electrons. The number of nitrogens with one attached hydrogen (secondary N) is 1. The van der Waals surface area contributed by atoms with Crippen LogP contribution in [0.5, 0.6) is 0 Å². The molecule has 0 aromatic carbocycles. The van der Waals surface area contributed by atoms with Crippen LogP contribution in [0.3, 0.4) is 0 Å². The Balaban J connectivity index is 1.93. The molecule has 1 rings (SSSR count). The maximum atomic E-state index is 11.9. The van der Waals surface area contributed by atoms with E-state index in [0.717, 1.165) is 12.5 Å². The zero-order valence-corrected chi connectivity index (χ0v) is 8.40. The van der Waals surface area contributed by atoms with Crippen molar-refractivity contribution in [3.05, 3.63) is 0 Å². The summed E-state index contributed by atoms with van der Waals surface area (Å²) in [5.74, 6) is 0.780. The van der Waals surface area contributed by atoms with Crippen LogP contribution in [-0.4, -0.2) is 44.3 Å². The topological polar surface area (TPSA) is 15.3 Å². The fourth-order valence-corrected chi connectivity index (χ4v) is 1.28. The molecule has 1 aliphatic carbocycles. The van der Waals surface area contributed by atoms with Crippen LogP contribution in [0.1, 0.15) is 12.8 Å². The van der Waals surface area contributed by atoms with Gasteiger partial charge in [0.15, 0.2) is 0 Å². The van der Waals surface area contributed by atoms with Crippen LogP contribution in [0.25, 0.3) is 0 Å². The zero-order valence-electron chi connectivity index (χ0n) is 8.40. The monoisotopic (exact) mass is 210 g/mol. The number of hydrogen-bond donors (Lipinski definition) is 1. The average molecular weight is 210 g/mol. The van der Waals surface area contributed by atoms with Crippen LogP contribution in [0.4, 0.5) is 13.2 Å². The second-order valence-electron chi connectivity index (χ2n) is 4.00. The summed E-state index contributed by atoms with van der Waals surface area (Å²) in [6.45, 7) is 1.23. The molecular formula is C9H17F3N2. The van der Waals surface area contributed by atoms with Gasteiger partial charge in [-0.25, -0.2) is 0 Å². The number of rotatable bonds is 6. The van der Waals surface area contributed by atoms with Gasteiger partial charge < -0.3 is 5.32 Å². The number of hydrogen-bond acceptors (Lipinski definition) is 2. The smallest absolute Gasteiger partial charge is 0.315 e. The molecule has 0 spiro atoms. The lowest BCUT2D eigenvalue weighted by Crippen LogP contribution is -2.36. The van der Waals surface area contributed by atoms with Gasteiger partial charge in [0.05, 0.1) is 6.54 Å². The maximum absolute atomic E-state index is 11.9. The minimum Gasteiger partial charge on any atom is -0.315 e. The van der Waals surface area contributed by atoms with Gasteiger partial charge in [-0.05, 0) is 32.4 Å². The van der Waals surface area contributed by atoms with Crippen molar-refractivity contribution in [1.82, 2.24) is 10.2 Å². The average Bonchev–Trinajstić information content (AvgIpc) is 2.77. The molecule has 0 aliphatic heterocycles. The molecule has 1 aliphatic rings. The van der Waals surface area contributed by atoms with E-state index in [9.17, 15) is 13.2 Å². The Bertz CT molecular complexity index is 166. The van der Waals surface area contributed by atoms with Gasteiger partial charge >= 0.3 is 6.18 Å². The Hall–Kier alpha value is -0.290. The summed E-state index contributed by atoms with van der Waals surface area (Å²) < 4.78 is 35.7. The molecule has 1 fully saturated rings. The highest BCUT2D eigenvalue weighted by molar-refractivity contribution is 4.75. The van der Waals surface area contributed by atoms with E-state index in [1.807, 2.05) is 0 Å². The summed E-state index contributed by atoms with van der Waals surface area (Å²) in [5, 5.41) is 3.15. The minimum absolute atomic E-state index is 0.451. The summed E-state index contributed by atoms with van der Waals surface area (Å²) in [6.07, 6.45) is -1.54. The predicted molar refractivity (Wildman–Crippen MR) is 49.1 cm³/mol. The lowest BCUT2D eigenvalue weighted by molar-refractivity contribution is -0.142. The van der Waals surface area contributed by atoms with Gasteiger partial charge in [0.2, 0.25) is 0 Å².